The van der Waals surface area contributed by atoms with Crippen molar-refractivity contribution >= 4 is 0 Å². The number of nitrogens with two attached hydrogens (primary N) is 1. The maximum Gasteiger partial charge on any atom is 0.103 e. The Labute approximate surface area is 66.0 Å². The first-order chi connectivity index (χ1) is 5.31. The summed E-state index contributed by atoms with van der Waals surface area (Å²) in [6, 6.07) is 0. The Morgan fingerprint density at radius 3 is 2.64 bits per heavy atom. The van der Waals surface area contributed by atoms with Crippen LogP contribution < -0.4 is 5.90 Å². The summed E-state index contributed by atoms with van der Waals surface area (Å²) in [6.07, 6.45) is -0.656. The van der Waals surface area contributed by atoms with E-state index in [0.717, 1.165) is 0 Å². The van der Waals surface area contributed by atoms with Gasteiger partial charge in [0.15, 0.2) is 0 Å². The van der Waals surface area contributed by atoms with Gasteiger partial charge in [-0.2, -0.15) is 0 Å². The summed E-state index contributed by atoms with van der Waals surface area (Å²) in [5, 5.41) is 8.98. The van der Waals surface area contributed by atoms with E-state index in [4.69, 9.17) is 20.5 Å². The summed E-state index contributed by atoms with van der Waals surface area (Å²) in [5.74, 6) is 4.72. The lowest BCUT2D eigenvalue weighted by molar-refractivity contribution is -0.0287. The van der Waals surface area contributed by atoms with Crippen LogP contribution in [-0.2, 0) is 14.3 Å². The van der Waals surface area contributed by atoms with E-state index < -0.39 is 6.10 Å². The molecule has 68 valence electrons. The Bertz CT molecular complexity index is 81.0. The predicted molar refractivity (Wildman–Crippen MR) is 38.8 cm³/mol. The minimum absolute atomic E-state index is 0.0903. The van der Waals surface area contributed by atoms with Crippen LogP contribution in [0.2, 0.25) is 0 Å². The van der Waals surface area contributed by atoms with Crippen LogP contribution in [0, 0.1) is 0 Å². The van der Waals surface area contributed by atoms with Gasteiger partial charge in [0.25, 0.3) is 0 Å². The van der Waals surface area contributed by atoms with Crippen LogP contribution in [-0.4, -0.2) is 44.7 Å². The highest BCUT2D eigenvalue weighted by atomic mass is 16.6. The minimum atomic E-state index is -0.656. The summed E-state index contributed by atoms with van der Waals surface area (Å²) >= 11 is 0. The summed E-state index contributed by atoms with van der Waals surface area (Å²) in [5.41, 5.74) is 0. The summed E-state index contributed by atoms with van der Waals surface area (Å²) < 4.78 is 9.70. The molecule has 0 heterocycles. The van der Waals surface area contributed by atoms with Crippen LogP contribution >= 0.6 is 0 Å². The highest BCUT2D eigenvalue weighted by Gasteiger charge is 2.02. The quantitative estimate of drug-likeness (QED) is 0.370. The van der Waals surface area contributed by atoms with Crippen LogP contribution in [0.15, 0.2) is 0 Å². The van der Waals surface area contributed by atoms with E-state index in [0.29, 0.717) is 13.2 Å². The number of hydrogen-bond acceptors (Lipinski definition) is 5. The zero-order chi connectivity index (χ0) is 8.53. The van der Waals surface area contributed by atoms with Gasteiger partial charge >= 0.3 is 0 Å². The van der Waals surface area contributed by atoms with E-state index in [2.05, 4.69) is 4.84 Å². The maximum absolute atomic E-state index is 8.98. The number of ether oxygens (including phenoxy) is 2. The normalized spacial score (nSPS) is 13.4. The molecule has 0 aromatic heterocycles. The van der Waals surface area contributed by atoms with E-state index in [1.807, 2.05) is 0 Å². The number of hydrogen-bond donors (Lipinski definition) is 2. The largest absolute Gasteiger partial charge is 0.388 e. The Kier molecular flexibility index (Phi) is 7.76. The van der Waals surface area contributed by atoms with Crippen molar-refractivity contribution in [3.8, 4) is 0 Å². The second-order valence-corrected chi connectivity index (χ2v) is 2.05. The molecule has 0 aliphatic heterocycles. The van der Waals surface area contributed by atoms with Gasteiger partial charge in [-0.15, -0.1) is 0 Å². The second kappa shape index (κ2) is 7.90. The summed E-state index contributed by atoms with van der Waals surface area (Å²) in [7, 11) is 1.59. The Hall–Kier alpha value is -0.200. The lowest BCUT2D eigenvalue weighted by Gasteiger charge is -2.08. The zero-order valence-electron chi connectivity index (χ0n) is 6.66. The van der Waals surface area contributed by atoms with Crippen molar-refractivity contribution in [2.45, 2.75) is 6.10 Å². The highest BCUT2D eigenvalue weighted by molar-refractivity contribution is 4.49. The molecule has 0 fully saturated rings. The SMILES string of the molecule is COCCOCC(O)CON. The first-order valence-corrected chi connectivity index (χ1v) is 3.37. The van der Waals surface area contributed by atoms with E-state index in [9.17, 15) is 0 Å². The number of aliphatic hydroxyl groups is 1. The molecule has 0 amide bonds. The van der Waals surface area contributed by atoms with Crippen molar-refractivity contribution in [3.05, 3.63) is 0 Å². The Morgan fingerprint density at radius 1 is 1.36 bits per heavy atom. The third-order valence-electron chi connectivity index (χ3n) is 1.03. The molecule has 0 rings (SSSR count). The molecule has 1 atom stereocenters. The summed E-state index contributed by atoms with van der Waals surface area (Å²) in [6.45, 7) is 1.31. The molecule has 0 bridgehead atoms. The third-order valence-corrected chi connectivity index (χ3v) is 1.03. The minimum Gasteiger partial charge on any atom is -0.388 e. The molecule has 5 heteroatoms. The molecule has 3 N–H and O–H groups in total. The number of methoxy groups -OCH3 is 1. The van der Waals surface area contributed by atoms with Crippen molar-refractivity contribution < 1.29 is 19.4 Å². The molecule has 5 nitrogen and oxygen atoms in total. The highest BCUT2D eigenvalue weighted by Crippen LogP contribution is 1.85. The molecule has 0 radical (unpaired) electrons. The van der Waals surface area contributed by atoms with E-state index in [-0.39, 0.29) is 13.2 Å². The molecule has 0 saturated heterocycles. The monoisotopic (exact) mass is 165 g/mol. The third kappa shape index (κ3) is 7.70. The van der Waals surface area contributed by atoms with Crippen LogP contribution in [0.5, 0.6) is 0 Å². The molecule has 1 unspecified atom stereocenters. The molecular weight excluding hydrogens is 150 g/mol. The van der Waals surface area contributed by atoms with Gasteiger partial charge in [0, 0.05) is 7.11 Å². The van der Waals surface area contributed by atoms with Gasteiger partial charge in [-0.25, -0.2) is 5.90 Å². The van der Waals surface area contributed by atoms with Crippen LogP contribution in [0.25, 0.3) is 0 Å². The average molecular weight is 165 g/mol. The van der Waals surface area contributed by atoms with E-state index in [1.54, 1.807) is 7.11 Å². The van der Waals surface area contributed by atoms with Crippen molar-refractivity contribution in [2.75, 3.05) is 33.5 Å². The van der Waals surface area contributed by atoms with Crippen molar-refractivity contribution in [1.82, 2.24) is 0 Å². The van der Waals surface area contributed by atoms with Gasteiger partial charge in [-0.1, -0.05) is 0 Å². The molecule has 0 spiro atoms. The number of aliphatic hydroxyl groups excluding tert-OH is 1. The van der Waals surface area contributed by atoms with Gasteiger partial charge in [-0.05, 0) is 0 Å². The topological polar surface area (TPSA) is 73.9 Å². The fraction of sp³-hybridized carbons (Fsp3) is 1.00. The van der Waals surface area contributed by atoms with Crippen molar-refractivity contribution in [2.24, 2.45) is 5.90 Å². The predicted octanol–water partition coefficient (Wildman–Crippen LogP) is -1.10. The first kappa shape index (κ1) is 10.8. The van der Waals surface area contributed by atoms with Gasteiger partial charge < -0.3 is 19.4 Å². The zero-order valence-corrected chi connectivity index (χ0v) is 6.66. The lowest BCUT2D eigenvalue weighted by atomic mass is 10.4. The summed E-state index contributed by atoms with van der Waals surface area (Å²) in [4.78, 5) is 4.20. The standard InChI is InChI=1S/C6H15NO4/c1-9-2-3-10-4-6(8)5-11-7/h6,8H,2-5,7H2,1H3. The van der Waals surface area contributed by atoms with Gasteiger partial charge in [-0.3, -0.25) is 0 Å². The van der Waals surface area contributed by atoms with Gasteiger partial charge in [0.05, 0.1) is 26.4 Å². The Balaban J connectivity index is 2.97. The first-order valence-electron chi connectivity index (χ1n) is 3.37. The van der Waals surface area contributed by atoms with E-state index >= 15 is 0 Å². The van der Waals surface area contributed by atoms with Crippen molar-refractivity contribution in [3.63, 3.8) is 0 Å². The second-order valence-electron chi connectivity index (χ2n) is 2.05. The van der Waals surface area contributed by atoms with Crippen LogP contribution in [0.3, 0.4) is 0 Å². The molecule has 0 aromatic carbocycles. The molecular formula is C6H15NO4. The maximum atomic E-state index is 8.98. The smallest absolute Gasteiger partial charge is 0.103 e. The molecule has 0 aromatic rings. The molecule has 0 aliphatic carbocycles. The molecule has 11 heavy (non-hydrogen) atoms. The van der Waals surface area contributed by atoms with Gasteiger partial charge in [0.1, 0.15) is 6.10 Å². The van der Waals surface area contributed by atoms with Crippen LogP contribution in [0.1, 0.15) is 0 Å². The van der Waals surface area contributed by atoms with Crippen LogP contribution in [0.4, 0.5) is 0 Å². The fourth-order valence-corrected chi connectivity index (χ4v) is 0.521. The van der Waals surface area contributed by atoms with E-state index in [1.165, 1.54) is 0 Å². The average Bonchev–Trinajstić information content (AvgIpc) is 1.99. The van der Waals surface area contributed by atoms with Crippen molar-refractivity contribution in [1.29, 1.82) is 0 Å². The fourth-order valence-electron chi connectivity index (χ4n) is 0.521. The van der Waals surface area contributed by atoms with Gasteiger partial charge in [0.2, 0.25) is 0 Å². The molecule has 0 aliphatic rings. The lowest BCUT2D eigenvalue weighted by Crippen LogP contribution is -2.24. The molecule has 0 saturated carbocycles. The number of rotatable bonds is 7. The Morgan fingerprint density at radius 2 is 2.09 bits per heavy atom.